The zero-order valence-electron chi connectivity index (χ0n) is 16.2. The van der Waals surface area contributed by atoms with Gasteiger partial charge in [0.1, 0.15) is 0 Å². The molecule has 2 aromatic rings. The van der Waals surface area contributed by atoms with Gasteiger partial charge in [0, 0.05) is 19.6 Å². The van der Waals surface area contributed by atoms with Crippen molar-refractivity contribution in [2.24, 2.45) is 10.7 Å². The van der Waals surface area contributed by atoms with Gasteiger partial charge in [0.15, 0.2) is 11.7 Å². The van der Waals surface area contributed by atoms with Crippen molar-refractivity contribution in [3.8, 4) is 5.75 Å². The van der Waals surface area contributed by atoms with Crippen molar-refractivity contribution in [1.82, 2.24) is 4.90 Å². The Morgan fingerprint density at radius 3 is 2.40 bits per heavy atom. The van der Waals surface area contributed by atoms with E-state index in [-0.39, 0.29) is 41.4 Å². The molecule has 0 amide bonds. The predicted octanol–water partition coefficient (Wildman–Crippen LogP) is 3.96. The van der Waals surface area contributed by atoms with Crippen molar-refractivity contribution >= 4 is 35.6 Å². The number of morpholine rings is 1. The highest BCUT2D eigenvalue weighted by molar-refractivity contribution is 14.0. The normalized spacial score (nSPS) is 15.4. The summed E-state index contributed by atoms with van der Waals surface area (Å²) in [5.74, 6) is -0.365. The number of aliphatic imine (C=N–C) groups is 1. The number of nitrogens with zero attached hydrogens (tertiary/aromatic N) is 2. The lowest BCUT2D eigenvalue weighted by Crippen LogP contribution is -2.35. The molecule has 164 valence electrons. The Morgan fingerprint density at radius 2 is 1.70 bits per heavy atom. The van der Waals surface area contributed by atoms with Crippen LogP contribution >= 0.6 is 24.0 Å². The van der Waals surface area contributed by atoms with Crippen molar-refractivity contribution < 1.29 is 22.6 Å². The average Bonchev–Trinajstić information content (AvgIpc) is 2.68. The molecule has 6 nitrogen and oxygen atoms in total. The highest BCUT2D eigenvalue weighted by Crippen LogP contribution is 2.29. The number of hydrogen-bond donors (Lipinski definition) is 2. The third-order valence-electron chi connectivity index (χ3n) is 4.41. The van der Waals surface area contributed by atoms with Crippen molar-refractivity contribution in [2.45, 2.75) is 19.5 Å². The zero-order chi connectivity index (χ0) is 20.7. The number of halogens is 4. The Kier molecular flexibility index (Phi) is 9.18. The quantitative estimate of drug-likeness (QED) is 0.333. The minimum Gasteiger partial charge on any atom is -0.404 e. The molecule has 1 fully saturated rings. The predicted molar refractivity (Wildman–Crippen MR) is 120 cm³/mol. The van der Waals surface area contributed by atoms with Crippen molar-refractivity contribution in [3.05, 3.63) is 59.7 Å². The van der Waals surface area contributed by atoms with E-state index >= 15 is 0 Å². The van der Waals surface area contributed by atoms with Crippen LogP contribution in [-0.4, -0.2) is 43.5 Å². The summed E-state index contributed by atoms with van der Waals surface area (Å²) in [6.07, 6.45) is -4.79. The van der Waals surface area contributed by atoms with Gasteiger partial charge in [0.05, 0.1) is 25.4 Å². The number of anilines is 1. The molecule has 3 rings (SSSR count). The van der Waals surface area contributed by atoms with Crippen molar-refractivity contribution in [3.63, 3.8) is 0 Å². The molecule has 1 aliphatic rings. The Bertz CT molecular complexity index is 843. The van der Waals surface area contributed by atoms with Crippen LogP contribution < -0.4 is 15.8 Å². The molecule has 0 aliphatic carbocycles. The number of benzene rings is 2. The molecule has 0 aromatic heterocycles. The van der Waals surface area contributed by atoms with Crippen LogP contribution in [0, 0.1) is 0 Å². The SMILES string of the molecule is I.NC(=NCc1ccccc1CN1CCOCC1)Nc1ccccc1OC(F)(F)F. The highest BCUT2D eigenvalue weighted by atomic mass is 127. The summed E-state index contributed by atoms with van der Waals surface area (Å²) in [5, 5.41) is 2.68. The van der Waals surface area contributed by atoms with Crippen molar-refractivity contribution in [2.75, 3.05) is 31.6 Å². The van der Waals surface area contributed by atoms with Gasteiger partial charge < -0.3 is 20.5 Å². The van der Waals surface area contributed by atoms with Crippen LogP contribution in [0.3, 0.4) is 0 Å². The van der Waals surface area contributed by atoms with E-state index in [1.807, 2.05) is 24.3 Å². The van der Waals surface area contributed by atoms with E-state index < -0.39 is 6.36 Å². The largest absolute Gasteiger partial charge is 0.573 e. The fraction of sp³-hybridized carbons (Fsp3) is 0.350. The molecule has 2 aromatic carbocycles. The number of alkyl halides is 3. The van der Waals surface area contributed by atoms with Gasteiger partial charge in [-0.1, -0.05) is 36.4 Å². The summed E-state index contributed by atoms with van der Waals surface area (Å²) >= 11 is 0. The standard InChI is InChI=1S/C20H23F3N4O2.HI/c21-20(22,23)29-18-8-4-3-7-17(18)26-19(24)25-13-15-5-1-2-6-16(15)14-27-9-11-28-12-10-27;/h1-8H,9-14H2,(H3,24,25,26);1H. The van der Waals surface area contributed by atoms with Crippen LogP contribution in [0.4, 0.5) is 18.9 Å². The number of rotatable bonds is 6. The minimum atomic E-state index is -4.79. The number of nitrogens with two attached hydrogens (primary N) is 1. The van der Waals surface area contributed by atoms with Crippen LogP contribution in [0.1, 0.15) is 11.1 Å². The topological polar surface area (TPSA) is 72.1 Å². The third-order valence-corrected chi connectivity index (χ3v) is 4.41. The van der Waals surface area contributed by atoms with E-state index in [4.69, 9.17) is 10.5 Å². The second-order valence-corrected chi connectivity index (χ2v) is 6.53. The number of hydrogen-bond acceptors (Lipinski definition) is 4. The maximum absolute atomic E-state index is 12.5. The molecule has 0 atom stereocenters. The number of ether oxygens (including phenoxy) is 2. The Balaban J connectivity index is 0.00000320. The van der Waals surface area contributed by atoms with E-state index in [9.17, 15) is 13.2 Å². The first-order chi connectivity index (χ1) is 13.9. The van der Waals surface area contributed by atoms with Gasteiger partial charge in [0.2, 0.25) is 0 Å². The van der Waals surface area contributed by atoms with Gasteiger partial charge in [-0.05, 0) is 23.3 Å². The van der Waals surface area contributed by atoms with Gasteiger partial charge in [-0.3, -0.25) is 4.90 Å². The van der Waals surface area contributed by atoms with E-state index in [2.05, 4.69) is 19.9 Å². The third kappa shape index (κ3) is 7.65. The van der Waals surface area contributed by atoms with Gasteiger partial charge in [-0.25, -0.2) is 4.99 Å². The lowest BCUT2D eigenvalue weighted by Gasteiger charge is -2.27. The molecule has 1 heterocycles. The van der Waals surface area contributed by atoms with E-state index in [0.717, 1.165) is 44.0 Å². The molecular formula is C20H24F3IN4O2. The molecule has 3 N–H and O–H groups in total. The number of para-hydroxylation sites is 2. The molecule has 0 unspecified atom stereocenters. The lowest BCUT2D eigenvalue weighted by atomic mass is 10.1. The Morgan fingerprint density at radius 1 is 1.07 bits per heavy atom. The van der Waals surface area contributed by atoms with Gasteiger partial charge in [-0.2, -0.15) is 0 Å². The molecule has 1 saturated heterocycles. The number of guanidine groups is 1. The first-order valence-corrected chi connectivity index (χ1v) is 9.19. The summed E-state index contributed by atoms with van der Waals surface area (Å²) in [4.78, 5) is 6.59. The second-order valence-electron chi connectivity index (χ2n) is 6.53. The molecule has 1 aliphatic heterocycles. The zero-order valence-corrected chi connectivity index (χ0v) is 18.5. The van der Waals surface area contributed by atoms with Gasteiger partial charge in [0.25, 0.3) is 0 Å². The molecule has 0 saturated carbocycles. The summed E-state index contributed by atoms with van der Waals surface area (Å²) in [6, 6.07) is 13.6. The van der Waals surface area contributed by atoms with Crippen LogP contribution in [-0.2, 0) is 17.8 Å². The van der Waals surface area contributed by atoms with Crippen LogP contribution in [0.2, 0.25) is 0 Å². The fourth-order valence-electron chi connectivity index (χ4n) is 3.00. The minimum absolute atomic E-state index is 0. The first kappa shape index (κ1) is 24.2. The number of nitrogens with one attached hydrogen (secondary N) is 1. The van der Waals surface area contributed by atoms with Gasteiger partial charge >= 0.3 is 6.36 Å². The molecular weight excluding hydrogens is 512 g/mol. The van der Waals surface area contributed by atoms with Gasteiger partial charge in [-0.15, -0.1) is 37.1 Å². The first-order valence-electron chi connectivity index (χ1n) is 9.19. The maximum atomic E-state index is 12.5. The molecule has 10 heteroatoms. The monoisotopic (exact) mass is 536 g/mol. The Labute approximate surface area is 190 Å². The summed E-state index contributed by atoms with van der Waals surface area (Å²) in [5.41, 5.74) is 8.12. The summed E-state index contributed by atoms with van der Waals surface area (Å²) < 4.78 is 47.0. The molecule has 0 bridgehead atoms. The molecule has 0 spiro atoms. The van der Waals surface area contributed by atoms with E-state index in [1.54, 1.807) is 6.07 Å². The highest BCUT2D eigenvalue weighted by Gasteiger charge is 2.32. The second kappa shape index (κ2) is 11.4. The smallest absolute Gasteiger partial charge is 0.404 e. The average molecular weight is 536 g/mol. The summed E-state index contributed by atoms with van der Waals surface area (Å²) in [7, 11) is 0. The van der Waals surface area contributed by atoms with Crippen LogP contribution in [0.15, 0.2) is 53.5 Å². The fourth-order valence-corrected chi connectivity index (χ4v) is 3.00. The Hall–Kier alpha value is -2.05. The van der Waals surface area contributed by atoms with Crippen molar-refractivity contribution in [1.29, 1.82) is 0 Å². The van der Waals surface area contributed by atoms with E-state index in [1.165, 1.54) is 18.2 Å². The maximum Gasteiger partial charge on any atom is 0.573 e. The van der Waals surface area contributed by atoms with Crippen LogP contribution in [0.5, 0.6) is 5.75 Å². The van der Waals surface area contributed by atoms with Crippen LogP contribution in [0.25, 0.3) is 0 Å². The summed E-state index contributed by atoms with van der Waals surface area (Å²) in [6.45, 7) is 4.27. The lowest BCUT2D eigenvalue weighted by molar-refractivity contribution is -0.274. The molecule has 0 radical (unpaired) electrons. The molecule has 30 heavy (non-hydrogen) atoms. The van der Waals surface area contributed by atoms with E-state index in [0.29, 0.717) is 6.54 Å².